The average molecular weight is 231 g/mol. The summed E-state index contributed by atoms with van der Waals surface area (Å²) in [4.78, 5) is 0.241. The van der Waals surface area contributed by atoms with Crippen LogP contribution in [-0.2, 0) is 0 Å². The zero-order valence-electron chi connectivity index (χ0n) is 8.38. The highest BCUT2D eigenvalue weighted by atomic mass is 32.1. The van der Waals surface area contributed by atoms with Crippen molar-refractivity contribution in [1.82, 2.24) is 0 Å². The summed E-state index contributed by atoms with van der Waals surface area (Å²) in [5, 5.41) is 0. The van der Waals surface area contributed by atoms with Gasteiger partial charge in [-0.15, -0.1) is 0 Å². The Morgan fingerprint density at radius 2 is 1.80 bits per heavy atom. The summed E-state index contributed by atoms with van der Waals surface area (Å²) in [6.07, 6.45) is 0. The van der Waals surface area contributed by atoms with Crippen LogP contribution < -0.4 is 10.5 Å². The van der Waals surface area contributed by atoms with E-state index in [9.17, 15) is 8.78 Å². The molecule has 0 aliphatic heterocycles. The molecule has 2 nitrogen and oxygen atoms in total. The molecule has 0 radical (unpaired) electrons. The molecule has 0 amide bonds. The Morgan fingerprint density at radius 3 is 2.13 bits per heavy atom. The molecule has 15 heavy (non-hydrogen) atoms. The molecule has 82 valence electrons. The smallest absolute Gasteiger partial charge is 0.387 e. The van der Waals surface area contributed by atoms with Gasteiger partial charge in [0.15, 0.2) is 0 Å². The molecule has 1 rings (SSSR count). The minimum Gasteiger partial charge on any atom is -0.434 e. The number of thiocarbonyl (C=S) groups is 1. The summed E-state index contributed by atoms with van der Waals surface area (Å²) >= 11 is 4.80. The van der Waals surface area contributed by atoms with Crippen LogP contribution in [0.2, 0.25) is 0 Å². The minimum absolute atomic E-state index is 0.185. The highest BCUT2D eigenvalue weighted by Gasteiger charge is 2.12. The van der Waals surface area contributed by atoms with Crippen LogP contribution in [0.25, 0.3) is 0 Å². The number of ether oxygens (including phenoxy) is 1. The Labute approximate surface area is 92.0 Å². The van der Waals surface area contributed by atoms with Gasteiger partial charge >= 0.3 is 6.61 Å². The lowest BCUT2D eigenvalue weighted by atomic mass is 10.1. The van der Waals surface area contributed by atoms with Gasteiger partial charge in [0.2, 0.25) is 0 Å². The average Bonchev–Trinajstić information content (AvgIpc) is 2.10. The van der Waals surface area contributed by atoms with E-state index in [2.05, 4.69) is 4.74 Å². The van der Waals surface area contributed by atoms with Gasteiger partial charge in [-0.25, -0.2) is 0 Å². The van der Waals surface area contributed by atoms with Gasteiger partial charge in [-0.1, -0.05) is 12.2 Å². The van der Waals surface area contributed by atoms with E-state index >= 15 is 0 Å². The van der Waals surface area contributed by atoms with Gasteiger partial charge in [0.05, 0.1) is 0 Å². The lowest BCUT2D eigenvalue weighted by molar-refractivity contribution is -0.0507. The number of hydrogen-bond donors (Lipinski definition) is 1. The van der Waals surface area contributed by atoms with Crippen molar-refractivity contribution in [2.75, 3.05) is 0 Å². The number of rotatable bonds is 3. The maximum atomic E-state index is 12.1. The van der Waals surface area contributed by atoms with Crippen LogP contribution in [0.1, 0.15) is 16.7 Å². The van der Waals surface area contributed by atoms with E-state index in [0.29, 0.717) is 16.7 Å². The third kappa shape index (κ3) is 2.86. The summed E-state index contributed by atoms with van der Waals surface area (Å²) in [5.41, 5.74) is 7.29. The molecule has 0 aromatic heterocycles. The lowest BCUT2D eigenvalue weighted by Crippen LogP contribution is -2.11. The van der Waals surface area contributed by atoms with Crippen LogP contribution in [0, 0.1) is 13.8 Å². The van der Waals surface area contributed by atoms with Crippen LogP contribution in [-0.4, -0.2) is 11.6 Å². The number of halogens is 2. The zero-order valence-corrected chi connectivity index (χ0v) is 9.20. The second-order valence-electron chi connectivity index (χ2n) is 3.18. The number of aryl methyl sites for hydroxylation is 2. The lowest BCUT2D eigenvalue weighted by Gasteiger charge is -2.12. The molecule has 0 bridgehead atoms. The summed E-state index contributed by atoms with van der Waals surface area (Å²) in [7, 11) is 0. The molecular weight excluding hydrogens is 220 g/mol. The predicted molar refractivity (Wildman–Crippen MR) is 58.4 cm³/mol. The molecule has 0 aliphatic rings. The van der Waals surface area contributed by atoms with Crippen molar-refractivity contribution in [3.63, 3.8) is 0 Å². The fourth-order valence-corrected chi connectivity index (χ4v) is 1.49. The summed E-state index contributed by atoms with van der Waals surface area (Å²) in [6.45, 7) is 0.525. The maximum Gasteiger partial charge on any atom is 0.387 e. The zero-order chi connectivity index (χ0) is 11.6. The first-order chi connectivity index (χ1) is 6.91. The first-order valence-electron chi connectivity index (χ1n) is 4.27. The Morgan fingerprint density at radius 1 is 1.33 bits per heavy atom. The van der Waals surface area contributed by atoms with E-state index < -0.39 is 6.61 Å². The van der Waals surface area contributed by atoms with Crippen LogP contribution >= 0.6 is 12.2 Å². The predicted octanol–water partition coefficient (Wildman–Crippen LogP) is 2.54. The molecule has 0 aliphatic carbocycles. The van der Waals surface area contributed by atoms with Crippen molar-refractivity contribution in [1.29, 1.82) is 0 Å². The largest absolute Gasteiger partial charge is 0.434 e. The third-order valence-electron chi connectivity index (χ3n) is 1.95. The topological polar surface area (TPSA) is 35.2 Å². The normalized spacial score (nSPS) is 10.5. The highest BCUT2D eigenvalue weighted by molar-refractivity contribution is 7.80. The van der Waals surface area contributed by atoms with Crippen molar-refractivity contribution in [2.45, 2.75) is 20.5 Å². The van der Waals surface area contributed by atoms with Crippen molar-refractivity contribution in [2.24, 2.45) is 5.73 Å². The summed E-state index contributed by atoms with van der Waals surface area (Å²) in [5.74, 6) is 0.185. The number of alkyl halides is 2. The Bertz CT molecular complexity index is 370. The van der Waals surface area contributed by atoms with Gasteiger partial charge in [0.25, 0.3) is 0 Å². The molecule has 0 spiro atoms. The van der Waals surface area contributed by atoms with Crippen molar-refractivity contribution in [3.8, 4) is 5.75 Å². The summed E-state index contributed by atoms with van der Waals surface area (Å²) in [6, 6.07) is 3.26. The van der Waals surface area contributed by atoms with Gasteiger partial charge in [0.1, 0.15) is 10.7 Å². The number of benzene rings is 1. The number of nitrogens with two attached hydrogens (primary N) is 1. The van der Waals surface area contributed by atoms with Crippen molar-refractivity contribution in [3.05, 3.63) is 28.8 Å². The van der Waals surface area contributed by atoms with Crippen molar-refractivity contribution < 1.29 is 13.5 Å². The van der Waals surface area contributed by atoms with Gasteiger partial charge < -0.3 is 10.5 Å². The Hall–Kier alpha value is -1.23. The molecule has 1 aromatic carbocycles. The second-order valence-corrected chi connectivity index (χ2v) is 3.62. The molecule has 1 aromatic rings. The van der Waals surface area contributed by atoms with Gasteiger partial charge in [-0.05, 0) is 37.1 Å². The molecule has 0 saturated carbocycles. The number of hydrogen-bond acceptors (Lipinski definition) is 2. The van der Waals surface area contributed by atoms with Crippen LogP contribution in [0.4, 0.5) is 8.78 Å². The third-order valence-corrected chi connectivity index (χ3v) is 2.19. The van der Waals surface area contributed by atoms with E-state index in [0.717, 1.165) is 0 Å². The first kappa shape index (κ1) is 11.8. The Balaban J connectivity index is 3.15. The van der Waals surface area contributed by atoms with Gasteiger partial charge in [-0.3, -0.25) is 0 Å². The first-order valence-corrected chi connectivity index (χ1v) is 4.68. The molecule has 2 N–H and O–H groups in total. The molecule has 0 unspecified atom stereocenters. The van der Waals surface area contributed by atoms with E-state index in [-0.39, 0.29) is 10.7 Å². The highest BCUT2D eigenvalue weighted by Crippen LogP contribution is 2.26. The van der Waals surface area contributed by atoms with Crippen molar-refractivity contribution >= 4 is 17.2 Å². The fourth-order valence-electron chi connectivity index (χ4n) is 1.37. The molecule has 0 heterocycles. The van der Waals surface area contributed by atoms with Gasteiger partial charge in [-0.2, -0.15) is 8.78 Å². The van der Waals surface area contributed by atoms with Gasteiger partial charge in [0, 0.05) is 5.56 Å². The molecule has 5 heteroatoms. The molecule has 0 atom stereocenters. The van der Waals surface area contributed by atoms with Crippen LogP contribution in [0.3, 0.4) is 0 Å². The maximum absolute atomic E-state index is 12.1. The Kier molecular flexibility index (Phi) is 3.57. The minimum atomic E-state index is -2.82. The molecule has 0 fully saturated rings. The standard InChI is InChI=1S/C10H11F2NOS/c1-5-3-7(9(13)15)4-6(2)8(5)14-10(11)12/h3-4,10H,1-2H3,(H2,13,15). The molecule has 0 saturated heterocycles. The van der Waals surface area contributed by atoms with Crippen LogP contribution in [0.5, 0.6) is 5.75 Å². The van der Waals surface area contributed by atoms with Crippen LogP contribution in [0.15, 0.2) is 12.1 Å². The second kappa shape index (κ2) is 4.53. The molecular formula is C10H11F2NOS. The van der Waals surface area contributed by atoms with E-state index in [4.69, 9.17) is 18.0 Å². The van der Waals surface area contributed by atoms with E-state index in [1.807, 2.05) is 0 Å². The fraction of sp³-hybridized carbons (Fsp3) is 0.300. The van der Waals surface area contributed by atoms with E-state index in [1.165, 1.54) is 0 Å². The SMILES string of the molecule is Cc1cc(C(N)=S)cc(C)c1OC(F)F. The van der Waals surface area contributed by atoms with E-state index in [1.54, 1.807) is 26.0 Å². The monoisotopic (exact) mass is 231 g/mol. The summed E-state index contributed by atoms with van der Waals surface area (Å²) < 4.78 is 28.5. The quantitative estimate of drug-likeness (QED) is 0.812.